The van der Waals surface area contributed by atoms with Crippen LogP contribution in [0.2, 0.25) is 0 Å². The second-order valence-electron chi connectivity index (χ2n) is 4.30. The van der Waals surface area contributed by atoms with E-state index in [1.807, 2.05) is 0 Å². The number of carbonyl (C=O) groups is 1. The van der Waals surface area contributed by atoms with Gasteiger partial charge in [-0.25, -0.2) is 8.78 Å². The van der Waals surface area contributed by atoms with E-state index < -0.39 is 23.6 Å². The third-order valence-corrected chi connectivity index (χ3v) is 2.73. The summed E-state index contributed by atoms with van der Waals surface area (Å²) in [6.45, 7) is 1.64. The zero-order valence-electron chi connectivity index (χ0n) is 10.7. The van der Waals surface area contributed by atoms with Crippen LogP contribution >= 0.6 is 0 Å². The maximum atomic E-state index is 13.0. The van der Waals surface area contributed by atoms with Gasteiger partial charge in [-0.3, -0.25) is 4.79 Å². The van der Waals surface area contributed by atoms with E-state index in [1.165, 1.54) is 0 Å². The molecule has 1 amide bonds. The lowest BCUT2D eigenvalue weighted by Crippen LogP contribution is -2.28. The first-order chi connectivity index (χ1) is 9.47. The Labute approximate surface area is 114 Å². The summed E-state index contributed by atoms with van der Waals surface area (Å²) in [6.07, 6.45) is -1.00. The largest absolute Gasteiger partial charge is 0.464 e. The van der Waals surface area contributed by atoms with Gasteiger partial charge in [0, 0.05) is 5.56 Å². The minimum Gasteiger partial charge on any atom is -0.464 e. The smallest absolute Gasteiger partial charge is 0.251 e. The van der Waals surface area contributed by atoms with Gasteiger partial charge in [-0.2, -0.15) is 0 Å². The molecule has 0 saturated carbocycles. The summed E-state index contributed by atoms with van der Waals surface area (Å²) in [6, 6.07) is 6.13. The van der Waals surface area contributed by atoms with E-state index in [1.54, 1.807) is 19.1 Å². The predicted molar refractivity (Wildman–Crippen MR) is 67.1 cm³/mol. The van der Waals surface area contributed by atoms with Crippen molar-refractivity contribution in [1.29, 1.82) is 0 Å². The number of amides is 1. The van der Waals surface area contributed by atoms with E-state index in [9.17, 15) is 18.7 Å². The average Bonchev–Trinajstić information content (AvgIpc) is 2.85. The Morgan fingerprint density at radius 2 is 2.05 bits per heavy atom. The first kappa shape index (κ1) is 14.2. The summed E-state index contributed by atoms with van der Waals surface area (Å²) in [4.78, 5) is 11.7. The molecule has 0 saturated heterocycles. The average molecular weight is 281 g/mol. The molecular formula is C14H13F2NO3. The Morgan fingerprint density at radius 3 is 2.65 bits per heavy atom. The summed E-state index contributed by atoms with van der Waals surface area (Å²) in [5, 5.41) is 12.2. The second kappa shape index (κ2) is 5.83. The van der Waals surface area contributed by atoms with Crippen molar-refractivity contribution in [1.82, 2.24) is 5.32 Å². The number of carbonyl (C=O) groups excluding carboxylic acids is 1. The Morgan fingerprint density at radius 1 is 1.30 bits per heavy atom. The van der Waals surface area contributed by atoms with Gasteiger partial charge in [0.1, 0.15) is 17.6 Å². The molecule has 2 aromatic rings. The highest BCUT2D eigenvalue weighted by Gasteiger charge is 2.14. The SMILES string of the molecule is Cc1ccc(C(O)CNC(=O)c2ccc(F)c(F)c2)o1. The van der Waals surface area contributed by atoms with Crippen LogP contribution in [0.15, 0.2) is 34.7 Å². The summed E-state index contributed by atoms with van der Waals surface area (Å²) in [7, 11) is 0. The van der Waals surface area contributed by atoms with Crippen molar-refractivity contribution in [3.63, 3.8) is 0 Å². The Balaban J connectivity index is 1.96. The van der Waals surface area contributed by atoms with E-state index in [0.29, 0.717) is 11.5 Å². The third-order valence-electron chi connectivity index (χ3n) is 2.73. The maximum Gasteiger partial charge on any atom is 0.251 e. The van der Waals surface area contributed by atoms with Gasteiger partial charge in [-0.15, -0.1) is 0 Å². The first-order valence-corrected chi connectivity index (χ1v) is 5.95. The van der Waals surface area contributed by atoms with E-state index in [-0.39, 0.29) is 12.1 Å². The number of rotatable bonds is 4. The second-order valence-corrected chi connectivity index (χ2v) is 4.30. The lowest BCUT2D eigenvalue weighted by Gasteiger charge is -2.09. The number of aryl methyl sites for hydroxylation is 1. The minimum atomic E-state index is -1.10. The minimum absolute atomic E-state index is 0.0216. The lowest BCUT2D eigenvalue weighted by molar-refractivity contribution is 0.0900. The number of aliphatic hydroxyl groups is 1. The van der Waals surface area contributed by atoms with Crippen LogP contribution < -0.4 is 5.32 Å². The van der Waals surface area contributed by atoms with Crippen LogP contribution in [0.25, 0.3) is 0 Å². The molecule has 20 heavy (non-hydrogen) atoms. The molecule has 0 spiro atoms. The molecule has 6 heteroatoms. The molecular weight excluding hydrogens is 268 g/mol. The fourth-order valence-corrected chi connectivity index (χ4v) is 1.66. The molecule has 0 aliphatic heterocycles. The van der Waals surface area contributed by atoms with Gasteiger partial charge in [0.25, 0.3) is 5.91 Å². The number of nitrogens with one attached hydrogen (secondary N) is 1. The van der Waals surface area contributed by atoms with Crippen molar-refractivity contribution in [2.75, 3.05) is 6.54 Å². The van der Waals surface area contributed by atoms with Gasteiger partial charge >= 0.3 is 0 Å². The van der Waals surface area contributed by atoms with E-state index >= 15 is 0 Å². The number of benzene rings is 1. The number of furan rings is 1. The molecule has 1 heterocycles. The standard InChI is InChI=1S/C14H13F2NO3/c1-8-2-5-13(20-8)12(18)7-17-14(19)9-3-4-10(15)11(16)6-9/h2-6,12,18H,7H2,1H3,(H,17,19). The Kier molecular flexibility index (Phi) is 4.14. The van der Waals surface area contributed by atoms with Gasteiger partial charge in [0.05, 0.1) is 6.54 Å². The van der Waals surface area contributed by atoms with Gasteiger partial charge in [0.2, 0.25) is 0 Å². The van der Waals surface area contributed by atoms with Crippen molar-refractivity contribution >= 4 is 5.91 Å². The topological polar surface area (TPSA) is 62.5 Å². The van der Waals surface area contributed by atoms with E-state index in [2.05, 4.69) is 5.32 Å². The summed E-state index contributed by atoms with van der Waals surface area (Å²) in [5.74, 6) is -1.75. The van der Waals surface area contributed by atoms with Crippen LogP contribution in [-0.2, 0) is 0 Å². The van der Waals surface area contributed by atoms with Crippen molar-refractivity contribution in [3.05, 3.63) is 59.1 Å². The van der Waals surface area contributed by atoms with Gasteiger partial charge < -0.3 is 14.8 Å². The molecule has 1 aromatic heterocycles. The quantitative estimate of drug-likeness (QED) is 0.904. The van der Waals surface area contributed by atoms with Gasteiger partial charge in [0.15, 0.2) is 11.6 Å². The van der Waals surface area contributed by atoms with Crippen LogP contribution in [0.4, 0.5) is 8.78 Å². The van der Waals surface area contributed by atoms with Crippen molar-refractivity contribution in [3.8, 4) is 0 Å². The molecule has 0 aliphatic rings. The highest BCUT2D eigenvalue weighted by molar-refractivity contribution is 5.94. The van der Waals surface area contributed by atoms with Crippen LogP contribution in [0.3, 0.4) is 0 Å². The molecule has 1 unspecified atom stereocenters. The molecule has 0 aliphatic carbocycles. The van der Waals surface area contributed by atoms with Crippen molar-refractivity contribution in [2.24, 2.45) is 0 Å². The number of hydrogen-bond acceptors (Lipinski definition) is 3. The van der Waals surface area contributed by atoms with E-state index in [4.69, 9.17) is 4.42 Å². The van der Waals surface area contributed by atoms with Crippen LogP contribution in [-0.4, -0.2) is 17.6 Å². The highest BCUT2D eigenvalue weighted by atomic mass is 19.2. The van der Waals surface area contributed by atoms with Crippen molar-refractivity contribution < 1.29 is 23.1 Å². The number of halogens is 2. The molecule has 1 atom stereocenters. The normalized spacial score (nSPS) is 12.2. The lowest BCUT2D eigenvalue weighted by atomic mass is 10.2. The number of aliphatic hydroxyl groups excluding tert-OH is 1. The Hall–Kier alpha value is -2.21. The molecule has 2 N–H and O–H groups in total. The summed E-state index contributed by atoms with van der Waals surface area (Å²) in [5.41, 5.74) is -0.0216. The third kappa shape index (κ3) is 3.21. The molecule has 0 bridgehead atoms. The summed E-state index contributed by atoms with van der Waals surface area (Å²) >= 11 is 0. The predicted octanol–water partition coefficient (Wildman–Crippen LogP) is 2.33. The molecule has 2 rings (SSSR count). The van der Waals surface area contributed by atoms with Crippen LogP contribution in [0.5, 0.6) is 0 Å². The first-order valence-electron chi connectivity index (χ1n) is 5.95. The molecule has 106 valence electrons. The van der Waals surface area contributed by atoms with Crippen LogP contribution in [0.1, 0.15) is 28.0 Å². The molecule has 1 aromatic carbocycles. The maximum absolute atomic E-state index is 13.0. The van der Waals surface area contributed by atoms with Gasteiger partial charge in [-0.05, 0) is 37.3 Å². The number of hydrogen-bond donors (Lipinski definition) is 2. The zero-order chi connectivity index (χ0) is 14.7. The van der Waals surface area contributed by atoms with Gasteiger partial charge in [-0.1, -0.05) is 0 Å². The zero-order valence-corrected chi connectivity index (χ0v) is 10.7. The Bertz CT molecular complexity index is 625. The fourth-order valence-electron chi connectivity index (χ4n) is 1.66. The molecule has 0 fully saturated rings. The van der Waals surface area contributed by atoms with Crippen LogP contribution in [0, 0.1) is 18.6 Å². The molecule has 4 nitrogen and oxygen atoms in total. The van der Waals surface area contributed by atoms with Crippen molar-refractivity contribution in [2.45, 2.75) is 13.0 Å². The fraction of sp³-hybridized carbons (Fsp3) is 0.214. The highest BCUT2D eigenvalue weighted by Crippen LogP contribution is 2.15. The van der Waals surface area contributed by atoms with E-state index in [0.717, 1.165) is 18.2 Å². The molecule has 0 radical (unpaired) electrons. The monoisotopic (exact) mass is 281 g/mol. The summed E-state index contributed by atoms with van der Waals surface area (Å²) < 4.78 is 30.9.